The number of H-pyrrole nitrogens is 1. The molecule has 0 amide bonds. The van der Waals surface area contributed by atoms with Gasteiger partial charge in [0.05, 0.1) is 0 Å². The van der Waals surface area contributed by atoms with Gasteiger partial charge in [0, 0.05) is 11.5 Å². The number of nitrogens with one attached hydrogen (secondary N) is 1. The van der Waals surface area contributed by atoms with Crippen molar-refractivity contribution in [1.29, 1.82) is 5.26 Å². The molecule has 0 aliphatic heterocycles. The zero-order chi connectivity index (χ0) is 9.22. The monoisotopic (exact) mass is 181 g/mol. The average Bonchev–Trinajstić information content (AvgIpc) is 2.71. The fraction of sp³-hybridized carbons (Fsp3) is 0.500. The SMILES string of the molecule is N#Cc1n[nH]c2c1[C@H]1C[C@H]1C2(F)F. The third kappa shape index (κ3) is 0.612. The van der Waals surface area contributed by atoms with E-state index < -0.39 is 11.8 Å². The van der Waals surface area contributed by atoms with E-state index >= 15 is 0 Å². The number of aromatic nitrogens is 2. The Balaban J connectivity index is 2.26. The van der Waals surface area contributed by atoms with Gasteiger partial charge in [0.2, 0.25) is 0 Å². The van der Waals surface area contributed by atoms with Crippen molar-refractivity contribution >= 4 is 0 Å². The Morgan fingerprint density at radius 3 is 3.08 bits per heavy atom. The zero-order valence-electron chi connectivity index (χ0n) is 6.51. The molecular weight excluding hydrogens is 176 g/mol. The Morgan fingerprint density at radius 2 is 2.38 bits per heavy atom. The lowest BCUT2D eigenvalue weighted by molar-refractivity contribution is -0.0268. The van der Waals surface area contributed by atoms with Gasteiger partial charge in [0.25, 0.3) is 5.92 Å². The average molecular weight is 181 g/mol. The van der Waals surface area contributed by atoms with E-state index in [2.05, 4.69) is 10.2 Å². The molecule has 0 bridgehead atoms. The van der Waals surface area contributed by atoms with E-state index in [1.165, 1.54) is 0 Å². The fourth-order valence-corrected chi connectivity index (χ4v) is 2.15. The largest absolute Gasteiger partial charge is 0.292 e. The van der Waals surface area contributed by atoms with Crippen LogP contribution in [-0.2, 0) is 5.92 Å². The van der Waals surface area contributed by atoms with E-state index in [0.29, 0.717) is 12.0 Å². The number of rotatable bonds is 0. The maximum Gasteiger partial charge on any atom is 0.292 e. The molecule has 2 atom stereocenters. The van der Waals surface area contributed by atoms with Crippen LogP contribution < -0.4 is 0 Å². The minimum absolute atomic E-state index is 0.126. The molecule has 1 fully saturated rings. The summed E-state index contributed by atoms with van der Waals surface area (Å²) in [6.07, 6.45) is 0.494. The van der Waals surface area contributed by atoms with E-state index in [1.54, 1.807) is 0 Å². The van der Waals surface area contributed by atoms with Crippen molar-refractivity contribution in [2.75, 3.05) is 0 Å². The van der Waals surface area contributed by atoms with E-state index in [1.807, 2.05) is 6.07 Å². The molecule has 1 heterocycles. The number of nitrogens with zero attached hydrogens (tertiary/aromatic N) is 2. The Labute approximate surface area is 72.4 Å². The lowest BCUT2D eigenvalue weighted by Gasteiger charge is -2.09. The third-order valence-corrected chi connectivity index (χ3v) is 2.87. The number of hydrogen-bond donors (Lipinski definition) is 1. The second kappa shape index (κ2) is 1.74. The van der Waals surface area contributed by atoms with Crippen LogP contribution in [0.4, 0.5) is 8.78 Å². The standard InChI is InChI=1S/C8H5F2N3/c9-8(10)4-1-3(4)6-5(2-11)12-13-7(6)8/h3-4H,1H2,(H,12,13)/t3-,4+/m0/s1. The molecule has 5 heteroatoms. The van der Waals surface area contributed by atoms with Gasteiger partial charge in [-0.3, -0.25) is 5.10 Å². The second-order valence-electron chi connectivity index (χ2n) is 3.54. The molecule has 3 nitrogen and oxygen atoms in total. The van der Waals surface area contributed by atoms with Crippen molar-refractivity contribution < 1.29 is 8.78 Å². The van der Waals surface area contributed by atoms with Crippen LogP contribution in [0.5, 0.6) is 0 Å². The van der Waals surface area contributed by atoms with Crippen molar-refractivity contribution in [3.8, 4) is 6.07 Å². The summed E-state index contributed by atoms with van der Waals surface area (Å²) >= 11 is 0. The smallest absolute Gasteiger partial charge is 0.275 e. The van der Waals surface area contributed by atoms with Crippen molar-refractivity contribution in [2.24, 2.45) is 5.92 Å². The van der Waals surface area contributed by atoms with Crippen LogP contribution in [0.15, 0.2) is 0 Å². The van der Waals surface area contributed by atoms with Crippen molar-refractivity contribution in [1.82, 2.24) is 10.2 Å². The lowest BCUT2D eigenvalue weighted by atomic mass is 10.1. The van der Waals surface area contributed by atoms with Crippen LogP contribution in [0, 0.1) is 17.2 Å². The number of fused-ring (bicyclic) bond motifs is 3. The highest BCUT2D eigenvalue weighted by atomic mass is 19.3. The molecule has 0 aromatic carbocycles. The number of hydrogen-bond acceptors (Lipinski definition) is 2. The van der Waals surface area contributed by atoms with Gasteiger partial charge in [-0.1, -0.05) is 0 Å². The minimum Gasteiger partial charge on any atom is -0.275 e. The van der Waals surface area contributed by atoms with Gasteiger partial charge < -0.3 is 0 Å². The third-order valence-electron chi connectivity index (χ3n) is 2.87. The molecule has 1 saturated carbocycles. The van der Waals surface area contributed by atoms with E-state index in [-0.39, 0.29) is 17.3 Å². The Morgan fingerprint density at radius 1 is 1.62 bits per heavy atom. The second-order valence-corrected chi connectivity index (χ2v) is 3.54. The summed E-state index contributed by atoms with van der Waals surface area (Å²) in [5.74, 6) is -3.50. The quantitative estimate of drug-likeness (QED) is 0.659. The summed E-state index contributed by atoms with van der Waals surface area (Å²) in [6.45, 7) is 0. The van der Waals surface area contributed by atoms with E-state index in [9.17, 15) is 8.78 Å². The predicted octanol–water partition coefficient (Wildman–Crippen LogP) is 1.49. The van der Waals surface area contributed by atoms with Crippen LogP contribution in [0.1, 0.15) is 29.3 Å². The normalized spacial score (nSPS) is 32.1. The van der Waals surface area contributed by atoms with Gasteiger partial charge in [0.15, 0.2) is 5.69 Å². The first-order chi connectivity index (χ1) is 6.16. The highest BCUT2D eigenvalue weighted by molar-refractivity contribution is 5.48. The van der Waals surface area contributed by atoms with Crippen LogP contribution in [0.25, 0.3) is 0 Å². The van der Waals surface area contributed by atoms with Crippen LogP contribution in [-0.4, -0.2) is 10.2 Å². The fourth-order valence-electron chi connectivity index (χ4n) is 2.15. The Hall–Kier alpha value is -1.44. The zero-order valence-corrected chi connectivity index (χ0v) is 6.51. The first kappa shape index (κ1) is 7.01. The summed E-state index contributed by atoms with van der Waals surface area (Å²) < 4.78 is 26.7. The minimum atomic E-state index is -2.79. The molecule has 1 aromatic heterocycles. The molecule has 1 N–H and O–H groups in total. The van der Waals surface area contributed by atoms with E-state index in [0.717, 1.165) is 0 Å². The van der Waals surface area contributed by atoms with Crippen LogP contribution >= 0.6 is 0 Å². The summed E-state index contributed by atoms with van der Waals surface area (Å²) in [4.78, 5) is 0. The van der Waals surface area contributed by atoms with Gasteiger partial charge in [-0.25, -0.2) is 0 Å². The molecule has 66 valence electrons. The van der Waals surface area contributed by atoms with Crippen molar-refractivity contribution in [3.05, 3.63) is 17.0 Å². The summed E-state index contributed by atoms with van der Waals surface area (Å²) in [5.41, 5.74) is 0.461. The molecule has 0 spiro atoms. The van der Waals surface area contributed by atoms with Gasteiger partial charge in [-0.05, 0) is 12.3 Å². The molecule has 0 saturated heterocycles. The molecule has 0 unspecified atom stereocenters. The van der Waals surface area contributed by atoms with Gasteiger partial charge in [-0.2, -0.15) is 19.1 Å². The molecular formula is C8H5F2N3. The van der Waals surface area contributed by atoms with Crippen molar-refractivity contribution in [2.45, 2.75) is 18.3 Å². The maximum atomic E-state index is 13.3. The van der Waals surface area contributed by atoms with Crippen LogP contribution in [0.3, 0.4) is 0 Å². The number of halogens is 2. The lowest BCUT2D eigenvalue weighted by Crippen LogP contribution is -2.13. The van der Waals surface area contributed by atoms with Crippen LogP contribution in [0.2, 0.25) is 0 Å². The molecule has 13 heavy (non-hydrogen) atoms. The predicted molar refractivity (Wildman–Crippen MR) is 38.0 cm³/mol. The van der Waals surface area contributed by atoms with Crippen molar-refractivity contribution in [3.63, 3.8) is 0 Å². The number of alkyl halides is 2. The topological polar surface area (TPSA) is 52.5 Å². The highest BCUT2D eigenvalue weighted by Gasteiger charge is 2.65. The van der Waals surface area contributed by atoms with Gasteiger partial charge >= 0.3 is 0 Å². The molecule has 2 aliphatic rings. The molecule has 1 aromatic rings. The summed E-state index contributed by atoms with van der Waals surface area (Å²) in [5, 5.41) is 14.4. The Kier molecular flexibility index (Phi) is 0.938. The first-order valence-corrected chi connectivity index (χ1v) is 4.03. The molecule has 0 radical (unpaired) electrons. The highest BCUT2D eigenvalue weighted by Crippen LogP contribution is 2.66. The summed E-state index contributed by atoms with van der Waals surface area (Å²) in [6, 6.07) is 1.83. The van der Waals surface area contributed by atoms with Gasteiger partial charge in [-0.15, -0.1) is 0 Å². The molecule has 3 rings (SSSR count). The number of aromatic amines is 1. The molecule has 2 aliphatic carbocycles. The first-order valence-electron chi connectivity index (χ1n) is 4.03. The van der Waals surface area contributed by atoms with E-state index in [4.69, 9.17) is 5.26 Å². The Bertz CT molecular complexity index is 429. The number of nitriles is 1. The summed E-state index contributed by atoms with van der Waals surface area (Å²) in [7, 11) is 0. The van der Waals surface area contributed by atoms with Gasteiger partial charge in [0.1, 0.15) is 11.8 Å². The maximum absolute atomic E-state index is 13.3.